The summed E-state index contributed by atoms with van der Waals surface area (Å²) < 4.78 is 4.79. The first-order valence-electron chi connectivity index (χ1n) is 7.48. The third-order valence-electron chi connectivity index (χ3n) is 3.67. The summed E-state index contributed by atoms with van der Waals surface area (Å²) in [4.78, 5) is 31.6. The minimum absolute atomic E-state index is 0.268. The summed E-state index contributed by atoms with van der Waals surface area (Å²) in [7, 11) is 1.33. The predicted octanol–water partition coefficient (Wildman–Crippen LogP) is 2.31. The Morgan fingerprint density at radius 1 is 1.30 bits per heavy atom. The van der Waals surface area contributed by atoms with Gasteiger partial charge in [0.05, 0.1) is 24.9 Å². The number of aromatic nitrogens is 2. The molecule has 0 fully saturated rings. The Bertz CT molecular complexity index is 735. The number of H-pyrrole nitrogens is 1. The van der Waals surface area contributed by atoms with Crippen LogP contribution in [0.1, 0.15) is 50.4 Å². The highest BCUT2D eigenvalue weighted by Crippen LogP contribution is 2.20. The van der Waals surface area contributed by atoms with Crippen LogP contribution in [0.25, 0.3) is 0 Å². The van der Waals surface area contributed by atoms with Gasteiger partial charge in [-0.05, 0) is 38.0 Å². The molecule has 1 amide bonds. The van der Waals surface area contributed by atoms with E-state index in [1.165, 1.54) is 7.11 Å². The van der Waals surface area contributed by atoms with Crippen LogP contribution in [-0.2, 0) is 17.7 Å². The summed E-state index contributed by atoms with van der Waals surface area (Å²) in [6.07, 6.45) is 0.609. The SMILES string of the molecule is CCc1[nH]c(C(=O)NCc2cccc(C)n2)c(C)c1C(=O)OC. The Balaban J connectivity index is 2.19. The Kier molecular flexibility index (Phi) is 5.16. The van der Waals surface area contributed by atoms with Gasteiger partial charge in [0.2, 0.25) is 0 Å². The Morgan fingerprint density at radius 3 is 2.65 bits per heavy atom. The van der Waals surface area contributed by atoms with Gasteiger partial charge in [0.1, 0.15) is 5.69 Å². The number of aromatic amines is 1. The number of esters is 1. The standard InChI is InChI=1S/C17H21N3O3/c1-5-13-14(17(22)23-4)11(3)15(20-13)16(21)18-9-12-8-6-7-10(2)19-12/h6-8,20H,5,9H2,1-4H3,(H,18,21). The average molecular weight is 315 g/mol. The fourth-order valence-corrected chi connectivity index (χ4v) is 2.49. The zero-order valence-corrected chi connectivity index (χ0v) is 13.8. The molecule has 2 aromatic rings. The first kappa shape index (κ1) is 16.7. The molecule has 2 heterocycles. The van der Waals surface area contributed by atoms with Crippen molar-refractivity contribution in [3.05, 3.63) is 52.1 Å². The fourth-order valence-electron chi connectivity index (χ4n) is 2.49. The number of aryl methyl sites for hydroxylation is 2. The first-order valence-corrected chi connectivity index (χ1v) is 7.48. The van der Waals surface area contributed by atoms with Crippen LogP contribution in [0, 0.1) is 13.8 Å². The van der Waals surface area contributed by atoms with E-state index in [1.807, 2.05) is 32.0 Å². The Hall–Kier alpha value is -2.63. The summed E-state index contributed by atoms with van der Waals surface area (Å²) in [5.41, 5.74) is 3.81. The Morgan fingerprint density at radius 2 is 2.04 bits per heavy atom. The lowest BCUT2D eigenvalue weighted by Crippen LogP contribution is -2.24. The number of amides is 1. The summed E-state index contributed by atoms with van der Waals surface area (Å²) in [5, 5.41) is 2.82. The molecule has 0 aromatic carbocycles. The molecular weight excluding hydrogens is 294 g/mol. The number of carbonyl (C=O) groups excluding carboxylic acids is 2. The van der Waals surface area contributed by atoms with E-state index in [1.54, 1.807) is 6.92 Å². The van der Waals surface area contributed by atoms with Crippen LogP contribution in [0.4, 0.5) is 0 Å². The van der Waals surface area contributed by atoms with Crippen molar-refractivity contribution in [2.45, 2.75) is 33.7 Å². The molecule has 0 saturated carbocycles. The monoisotopic (exact) mass is 315 g/mol. The summed E-state index contributed by atoms with van der Waals surface area (Å²) in [5.74, 6) is -0.703. The van der Waals surface area contributed by atoms with Crippen molar-refractivity contribution in [2.24, 2.45) is 0 Å². The van der Waals surface area contributed by atoms with Crippen molar-refractivity contribution in [1.82, 2.24) is 15.3 Å². The van der Waals surface area contributed by atoms with Gasteiger partial charge in [0, 0.05) is 11.4 Å². The van der Waals surface area contributed by atoms with E-state index in [9.17, 15) is 9.59 Å². The zero-order chi connectivity index (χ0) is 17.0. The maximum absolute atomic E-state index is 12.4. The van der Waals surface area contributed by atoms with E-state index in [0.717, 1.165) is 11.4 Å². The normalized spacial score (nSPS) is 10.4. The summed E-state index contributed by atoms with van der Waals surface area (Å²) >= 11 is 0. The number of carbonyl (C=O) groups is 2. The predicted molar refractivity (Wildman–Crippen MR) is 86.4 cm³/mol. The molecule has 2 rings (SSSR count). The first-order chi connectivity index (χ1) is 11.0. The quantitative estimate of drug-likeness (QED) is 0.829. The lowest BCUT2D eigenvalue weighted by atomic mass is 10.1. The number of pyridine rings is 1. The Labute approximate surface area is 135 Å². The van der Waals surface area contributed by atoms with Gasteiger partial charge in [0.15, 0.2) is 0 Å². The molecule has 0 aliphatic rings. The molecule has 6 nitrogen and oxygen atoms in total. The number of ether oxygens (including phenoxy) is 1. The van der Waals surface area contributed by atoms with Gasteiger partial charge in [-0.1, -0.05) is 13.0 Å². The van der Waals surface area contributed by atoms with E-state index in [4.69, 9.17) is 4.74 Å². The van der Waals surface area contributed by atoms with Crippen molar-refractivity contribution in [2.75, 3.05) is 7.11 Å². The highest BCUT2D eigenvalue weighted by Gasteiger charge is 2.23. The van der Waals surface area contributed by atoms with Crippen molar-refractivity contribution in [3.8, 4) is 0 Å². The zero-order valence-electron chi connectivity index (χ0n) is 13.8. The average Bonchev–Trinajstić information content (AvgIpc) is 2.88. The second-order valence-corrected chi connectivity index (χ2v) is 5.28. The second-order valence-electron chi connectivity index (χ2n) is 5.28. The van der Waals surface area contributed by atoms with E-state index in [0.29, 0.717) is 35.5 Å². The minimum atomic E-state index is -0.435. The van der Waals surface area contributed by atoms with Crippen LogP contribution in [0.2, 0.25) is 0 Å². The lowest BCUT2D eigenvalue weighted by molar-refractivity contribution is 0.0599. The molecule has 0 unspecified atom stereocenters. The molecule has 6 heteroatoms. The van der Waals surface area contributed by atoms with Crippen molar-refractivity contribution in [3.63, 3.8) is 0 Å². The maximum atomic E-state index is 12.4. The molecule has 0 radical (unpaired) electrons. The van der Waals surface area contributed by atoms with Gasteiger partial charge in [-0.3, -0.25) is 9.78 Å². The largest absolute Gasteiger partial charge is 0.465 e. The van der Waals surface area contributed by atoms with Crippen molar-refractivity contribution in [1.29, 1.82) is 0 Å². The van der Waals surface area contributed by atoms with Crippen LogP contribution < -0.4 is 5.32 Å². The van der Waals surface area contributed by atoms with Crippen molar-refractivity contribution >= 4 is 11.9 Å². The highest BCUT2D eigenvalue weighted by molar-refractivity contribution is 6.00. The molecule has 23 heavy (non-hydrogen) atoms. The molecule has 122 valence electrons. The van der Waals surface area contributed by atoms with Gasteiger partial charge in [-0.2, -0.15) is 0 Å². The van der Waals surface area contributed by atoms with E-state index < -0.39 is 5.97 Å². The topological polar surface area (TPSA) is 84.1 Å². The molecule has 0 atom stereocenters. The summed E-state index contributed by atoms with van der Waals surface area (Å²) in [6.45, 7) is 5.88. The molecular formula is C17H21N3O3. The number of nitrogens with zero attached hydrogens (tertiary/aromatic N) is 1. The minimum Gasteiger partial charge on any atom is -0.465 e. The van der Waals surface area contributed by atoms with E-state index in [-0.39, 0.29) is 5.91 Å². The third-order valence-corrected chi connectivity index (χ3v) is 3.67. The van der Waals surface area contributed by atoms with Crippen LogP contribution in [0.15, 0.2) is 18.2 Å². The van der Waals surface area contributed by atoms with Gasteiger partial charge in [-0.15, -0.1) is 0 Å². The van der Waals surface area contributed by atoms with Gasteiger partial charge >= 0.3 is 5.97 Å². The fraction of sp³-hybridized carbons (Fsp3) is 0.353. The van der Waals surface area contributed by atoms with Crippen molar-refractivity contribution < 1.29 is 14.3 Å². The third kappa shape index (κ3) is 3.59. The summed E-state index contributed by atoms with van der Waals surface area (Å²) in [6, 6.07) is 5.65. The van der Waals surface area contributed by atoms with Crippen LogP contribution in [-0.4, -0.2) is 29.0 Å². The molecule has 0 saturated heterocycles. The van der Waals surface area contributed by atoms with E-state index in [2.05, 4.69) is 15.3 Å². The maximum Gasteiger partial charge on any atom is 0.339 e. The molecule has 0 bridgehead atoms. The van der Waals surface area contributed by atoms with Gasteiger partial charge in [-0.25, -0.2) is 4.79 Å². The smallest absolute Gasteiger partial charge is 0.339 e. The van der Waals surface area contributed by atoms with Crippen LogP contribution >= 0.6 is 0 Å². The molecule has 2 aromatic heterocycles. The number of hydrogen-bond acceptors (Lipinski definition) is 4. The van der Waals surface area contributed by atoms with E-state index >= 15 is 0 Å². The molecule has 0 aliphatic heterocycles. The highest BCUT2D eigenvalue weighted by atomic mass is 16.5. The number of rotatable bonds is 5. The second kappa shape index (κ2) is 7.09. The lowest BCUT2D eigenvalue weighted by Gasteiger charge is -2.05. The molecule has 0 spiro atoms. The number of nitrogens with one attached hydrogen (secondary N) is 2. The number of hydrogen-bond donors (Lipinski definition) is 2. The number of methoxy groups -OCH3 is 1. The molecule has 0 aliphatic carbocycles. The van der Waals surface area contributed by atoms with Gasteiger partial charge in [0.25, 0.3) is 5.91 Å². The van der Waals surface area contributed by atoms with Crippen LogP contribution in [0.5, 0.6) is 0 Å². The van der Waals surface area contributed by atoms with Crippen LogP contribution in [0.3, 0.4) is 0 Å². The molecule has 2 N–H and O–H groups in total. The van der Waals surface area contributed by atoms with Gasteiger partial charge < -0.3 is 15.0 Å².